The molecular formula is C14H17F2N3. The lowest BCUT2D eigenvalue weighted by atomic mass is 10.3. The molecule has 0 aliphatic heterocycles. The summed E-state index contributed by atoms with van der Waals surface area (Å²) in [5.41, 5.74) is 1.96. The van der Waals surface area contributed by atoms with Crippen LogP contribution in [0.25, 0.3) is 11.0 Å². The molecule has 1 aliphatic rings. The third-order valence-electron chi connectivity index (χ3n) is 3.67. The van der Waals surface area contributed by atoms with E-state index in [2.05, 4.69) is 9.97 Å². The van der Waals surface area contributed by atoms with Crippen LogP contribution in [0.1, 0.15) is 18.7 Å². The quantitative estimate of drug-likeness (QED) is 0.901. The van der Waals surface area contributed by atoms with Crippen LogP contribution in [0.4, 0.5) is 8.78 Å². The van der Waals surface area contributed by atoms with Crippen LogP contribution in [0, 0.1) is 5.92 Å². The molecule has 1 saturated carbocycles. The van der Waals surface area contributed by atoms with Crippen LogP contribution in [0.15, 0.2) is 24.3 Å². The predicted molar refractivity (Wildman–Crippen MR) is 70.1 cm³/mol. The normalized spacial score (nSPS) is 21.2. The minimum atomic E-state index is -2.40. The van der Waals surface area contributed by atoms with Crippen LogP contribution in [0.2, 0.25) is 0 Å². The van der Waals surface area contributed by atoms with Gasteiger partial charge in [-0.3, -0.25) is 4.90 Å². The fourth-order valence-corrected chi connectivity index (χ4v) is 2.37. The SMILES string of the molecule is CN(CC[C@@H]1CC1(F)F)Cc1nc2ccccc2[nH]1. The van der Waals surface area contributed by atoms with Crippen molar-refractivity contribution < 1.29 is 8.78 Å². The molecule has 102 valence electrons. The Balaban J connectivity index is 1.55. The van der Waals surface area contributed by atoms with Crippen molar-refractivity contribution in [1.82, 2.24) is 14.9 Å². The lowest BCUT2D eigenvalue weighted by molar-refractivity contribution is 0.0943. The van der Waals surface area contributed by atoms with Gasteiger partial charge in [0.2, 0.25) is 0 Å². The van der Waals surface area contributed by atoms with Gasteiger partial charge in [0, 0.05) is 12.3 Å². The molecule has 2 aromatic rings. The number of halogens is 2. The fourth-order valence-electron chi connectivity index (χ4n) is 2.37. The average molecular weight is 265 g/mol. The number of fused-ring (bicyclic) bond motifs is 1. The Morgan fingerprint density at radius 1 is 1.42 bits per heavy atom. The Kier molecular flexibility index (Phi) is 3.01. The van der Waals surface area contributed by atoms with Crippen molar-refractivity contribution >= 4 is 11.0 Å². The van der Waals surface area contributed by atoms with E-state index in [9.17, 15) is 8.78 Å². The van der Waals surface area contributed by atoms with Crippen LogP contribution in [0.3, 0.4) is 0 Å². The van der Waals surface area contributed by atoms with Crippen molar-refractivity contribution in [1.29, 1.82) is 0 Å². The monoisotopic (exact) mass is 265 g/mol. The smallest absolute Gasteiger partial charge is 0.251 e. The van der Waals surface area contributed by atoms with Gasteiger partial charge in [0.15, 0.2) is 0 Å². The van der Waals surface area contributed by atoms with Crippen molar-refractivity contribution in [3.8, 4) is 0 Å². The summed E-state index contributed by atoms with van der Waals surface area (Å²) in [5.74, 6) is -1.93. The summed E-state index contributed by atoms with van der Waals surface area (Å²) in [6.07, 6.45) is 0.620. The second kappa shape index (κ2) is 4.56. The first kappa shape index (κ1) is 12.5. The molecule has 0 radical (unpaired) electrons. The van der Waals surface area contributed by atoms with E-state index in [0.29, 0.717) is 19.5 Å². The topological polar surface area (TPSA) is 31.9 Å². The lowest BCUT2D eigenvalue weighted by Gasteiger charge is -2.14. The summed E-state index contributed by atoms with van der Waals surface area (Å²) in [5, 5.41) is 0. The minimum absolute atomic E-state index is 0.0610. The lowest BCUT2D eigenvalue weighted by Crippen LogP contribution is -2.20. The van der Waals surface area contributed by atoms with Crippen molar-refractivity contribution in [3.63, 3.8) is 0 Å². The molecular weight excluding hydrogens is 248 g/mol. The van der Waals surface area contributed by atoms with E-state index < -0.39 is 11.8 Å². The summed E-state index contributed by atoms with van der Waals surface area (Å²) in [6.45, 7) is 1.34. The molecule has 1 N–H and O–H groups in total. The van der Waals surface area contributed by atoms with E-state index in [1.54, 1.807) is 0 Å². The highest BCUT2D eigenvalue weighted by molar-refractivity contribution is 5.74. The third-order valence-corrected chi connectivity index (χ3v) is 3.67. The molecule has 1 aromatic carbocycles. The molecule has 1 heterocycles. The first-order valence-electron chi connectivity index (χ1n) is 6.54. The van der Waals surface area contributed by atoms with Gasteiger partial charge in [-0.2, -0.15) is 0 Å². The zero-order valence-electron chi connectivity index (χ0n) is 10.9. The van der Waals surface area contributed by atoms with Gasteiger partial charge in [-0.15, -0.1) is 0 Å². The Bertz CT molecular complexity index is 546. The van der Waals surface area contributed by atoms with Crippen LogP contribution in [-0.4, -0.2) is 34.4 Å². The fraction of sp³-hybridized carbons (Fsp3) is 0.500. The number of rotatable bonds is 5. The molecule has 0 spiro atoms. The summed E-state index contributed by atoms with van der Waals surface area (Å²) in [7, 11) is 1.94. The molecule has 19 heavy (non-hydrogen) atoms. The number of hydrogen-bond donors (Lipinski definition) is 1. The highest BCUT2D eigenvalue weighted by Crippen LogP contribution is 2.50. The van der Waals surface area contributed by atoms with E-state index in [-0.39, 0.29) is 6.42 Å². The van der Waals surface area contributed by atoms with Crippen molar-refractivity contribution in [2.45, 2.75) is 25.3 Å². The Hall–Kier alpha value is -1.49. The molecule has 1 atom stereocenters. The molecule has 3 rings (SSSR count). The molecule has 1 fully saturated rings. The Morgan fingerprint density at radius 2 is 2.16 bits per heavy atom. The number of imidazole rings is 1. The number of H-pyrrole nitrogens is 1. The zero-order chi connectivity index (χ0) is 13.5. The van der Waals surface area contributed by atoms with Gasteiger partial charge in [-0.1, -0.05) is 12.1 Å². The van der Waals surface area contributed by atoms with Crippen molar-refractivity contribution in [2.24, 2.45) is 5.92 Å². The van der Waals surface area contributed by atoms with Crippen molar-refractivity contribution in [3.05, 3.63) is 30.1 Å². The van der Waals surface area contributed by atoms with Gasteiger partial charge in [0.05, 0.1) is 17.6 Å². The predicted octanol–water partition coefficient (Wildman–Crippen LogP) is 3.04. The maximum atomic E-state index is 12.8. The Labute approximate surface area is 110 Å². The largest absolute Gasteiger partial charge is 0.341 e. The molecule has 0 saturated heterocycles. The highest BCUT2D eigenvalue weighted by Gasteiger charge is 2.55. The number of nitrogens with one attached hydrogen (secondary N) is 1. The molecule has 0 amide bonds. The Morgan fingerprint density at radius 3 is 2.84 bits per heavy atom. The molecule has 0 bridgehead atoms. The minimum Gasteiger partial charge on any atom is -0.341 e. The van der Waals surface area contributed by atoms with E-state index in [4.69, 9.17) is 0 Å². The second-order valence-corrected chi connectivity index (χ2v) is 5.39. The van der Waals surface area contributed by atoms with Gasteiger partial charge in [0.25, 0.3) is 5.92 Å². The maximum absolute atomic E-state index is 12.8. The molecule has 1 aliphatic carbocycles. The summed E-state index contributed by atoms with van der Waals surface area (Å²) < 4.78 is 25.6. The van der Waals surface area contributed by atoms with Gasteiger partial charge in [0.1, 0.15) is 5.82 Å². The standard InChI is InChI=1S/C14H17F2N3/c1-19(7-6-10-8-14(10,15)16)9-13-17-11-4-2-3-5-12(11)18-13/h2-5,10H,6-9H2,1H3,(H,17,18)/t10-/m1/s1. The number of aromatic nitrogens is 2. The maximum Gasteiger partial charge on any atom is 0.251 e. The summed E-state index contributed by atoms with van der Waals surface area (Å²) >= 11 is 0. The van der Waals surface area contributed by atoms with Gasteiger partial charge in [-0.05, 0) is 32.1 Å². The summed E-state index contributed by atoms with van der Waals surface area (Å²) in [6, 6.07) is 7.85. The number of para-hydroxylation sites is 2. The first-order valence-corrected chi connectivity index (χ1v) is 6.54. The number of hydrogen-bond acceptors (Lipinski definition) is 2. The van der Waals surface area contributed by atoms with Crippen LogP contribution < -0.4 is 0 Å². The molecule has 3 nitrogen and oxygen atoms in total. The number of aromatic amines is 1. The first-order chi connectivity index (χ1) is 9.04. The van der Waals surface area contributed by atoms with Gasteiger partial charge >= 0.3 is 0 Å². The van der Waals surface area contributed by atoms with E-state index in [0.717, 1.165) is 16.9 Å². The number of benzene rings is 1. The molecule has 1 aromatic heterocycles. The van der Waals surface area contributed by atoms with E-state index in [1.165, 1.54) is 0 Å². The second-order valence-electron chi connectivity index (χ2n) is 5.39. The summed E-state index contributed by atoms with van der Waals surface area (Å²) in [4.78, 5) is 9.76. The van der Waals surface area contributed by atoms with Crippen LogP contribution >= 0.6 is 0 Å². The van der Waals surface area contributed by atoms with E-state index in [1.807, 2.05) is 36.2 Å². The van der Waals surface area contributed by atoms with Crippen LogP contribution in [0.5, 0.6) is 0 Å². The number of alkyl halides is 2. The number of nitrogens with zero attached hydrogens (tertiary/aromatic N) is 2. The highest BCUT2D eigenvalue weighted by atomic mass is 19.3. The van der Waals surface area contributed by atoms with Gasteiger partial charge < -0.3 is 4.98 Å². The van der Waals surface area contributed by atoms with E-state index >= 15 is 0 Å². The molecule has 5 heteroatoms. The van der Waals surface area contributed by atoms with Crippen LogP contribution in [-0.2, 0) is 6.54 Å². The van der Waals surface area contributed by atoms with Gasteiger partial charge in [-0.25, -0.2) is 13.8 Å². The zero-order valence-corrected chi connectivity index (χ0v) is 10.9. The third kappa shape index (κ3) is 2.76. The average Bonchev–Trinajstić information content (AvgIpc) is 2.80. The molecule has 0 unspecified atom stereocenters. The van der Waals surface area contributed by atoms with Crippen molar-refractivity contribution in [2.75, 3.05) is 13.6 Å².